The summed E-state index contributed by atoms with van der Waals surface area (Å²) < 4.78 is 5.08. The Morgan fingerprint density at radius 3 is 2.65 bits per heavy atom. The molecule has 1 aromatic rings. The Bertz CT molecular complexity index is 383. The van der Waals surface area contributed by atoms with Gasteiger partial charge in [0.05, 0.1) is 7.11 Å². The van der Waals surface area contributed by atoms with E-state index in [1.54, 1.807) is 24.3 Å². The zero-order valence-corrected chi connectivity index (χ0v) is 9.85. The largest absolute Gasteiger partial charge is 0.496 e. The highest BCUT2D eigenvalue weighted by molar-refractivity contribution is 5.92. The molecule has 4 nitrogen and oxygen atoms in total. The van der Waals surface area contributed by atoms with Crippen molar-refractivity contribution in [2.75, 3.05) is 7.11 Å². The minimum absolute atomic E-state index is 0.0497. The molecule has 0 aliphatic heterocycles. The van der Waals surface area contributed by atoms with Crippen LogP contribution in [0.4, 0.5) is 0 Å². The Hall–Kier alpha value is -1.55. The predicted molar refractivity (Wildman–Crippen MR) is 61.8 cm³/mol. The summed E-state index contributed by atoms with van der Waals surface area (Å²) >= 11 is 0. The molecule has 92 valence electrons. The maximum Gasteiger partial charge on any atom is 0.376 e. The molecule has 1 aliphatic carbocycles. The highest BCUT2D eigenvalue weighted by atomic mass is 17.2. The normalized spacial score (nSPS) is 15.8. The third-order valence-electron chi connectivity index (χ3n) is 2.89. The highest BCUT2D eigenvalue weighted by Gasteiger charge is 2.20. The van der Waals surface area contributed by atoms with Gasteiger partial charge in [-0.15, -0.1) is 0 Å². The van der Waals surface area contributed by atoms with Crippen molar-refractivity contribution in [1.82, 2.24) is 0 Å². The zero-order chi connectivity index (χ0) is 12.1. The van der Waals surface area contributed by atoms with Crippen molar-refractivity contribution in [3.05, 3.63) is 29.8 Å². The Morgan fingerprint density at radius 2 is 1.94 bits per heavy atom. The van der Waals surface area contributed by atoms with Crippen LogP contribution in [0.3, 0.4) is 0 Å². The van der Waals surface area contributed by atoms with Gasteiger partial charge in [-0.3, -0.25) is 4.89 Å². The van der Waals surface area contributed by atoms with E-state index >= 15 is 0 Å². The van der Waals surface area contributed by atoms with Crippen LogP contribution in [0.25, 0.3) is 0 Å². The molecular formula is C13H16O4. The average molecular weight is 236 g/mol. The van der Waals surface area contributed by atoms with E-state index < -0.39 is 5.97 Å². The molecule has 0 bridgehead atoms. The molecule has 1 aromatic carbocycles. The van der Waals surface area contributed by atoms with Gasteiger partial charge >= 0.3 is 5.97 Å². The van der Waals surface area contributed by atoms with Crippen molar-refractivity contribution < 1.29 is 19.3 Å². The second-order valence-electron chi connectivity index (χ2n) is 4.07. The number of carbonyl (C=O) groups excluding carboxylic acids is 1. The molecule has 1 aliphatic rings. The smallest absolute Gasteiger partial charge is 0.376 e. The lowest BCUT2D eigenvalue weighted by Gasteiger charge is -2.10. The van der Waals surface area contributed by atoms with E-state index in [0.29, 0.717) is 11.3 Å². The molecule has 0 spiro atoms. The number of ether oxygens (including phenoxy) is 1. The van der Waals surface area contributed by atoms with E-state index in [1.165, 1.54) is 7.11 Å². The summed E-state index contributed by atoms with van der Waals surface area (Å²) in [6.07, 6.45) is 4.24. The molecule has 0 N–H and O–H groups in total. The van der Waals surface area contributed by atoms with Crippen LogP contribution >= 0.6 is 0 Å². The van der Waals surface area contributed by atoms with Gasteiger partial charge in [0.25, 0.3) is 0 Å². The summed E-state index contributed by atoms with van der Waals surface area (Å²) in [6.45, 7) is 0. The molecule has 1 fully saturated rings. The second kappa shape index (κ2) is 5.68. The van der Waals surface area contributed by atoms with Crippen LogP contribution in [0.15, 0.2) is 24.3 Å². The summed E-state index contributed by atoms with van der Waals surface area (Å²) in [5.41, 5.74) is 0.382. The molecule has 2 rings (SSSR count). The maximum atomic E-state index is 11.8. The molecule has 0 heterocycles. The van der Waals surface area contributed by atoms with E-state index in [9.17, 15) is 4.79 Å². The molecular weight excluding hydrogens is 220 g/mol. The first-order chi connectivity index (χ1) is 8.31. The summed E-state index contributed by atoms with van der Waals surface area (Å²) in [5, 5.41) is 0. The van der Waals surface area contributed by atoms with Gasteiger partial charge in [0, 0.05) is 0 Å². The number of hydrogen-bond acceptors (Lipinski definition) is 4. The standard InChI is InChI=1S/C13H16O4/c1-15-12-9-5-4-8-11(12)13(14)17-16-10-6-2-3-7-10/h4-5,8-10H,2-3,6-7H2,1H3. The molecule has 1 saturated carbocycles. The summed E-state index contributed by atoms with van der Waals surface area (Å²) in [7, 11) is 1.52. The van der Waals surface area contributed by atoms with Gasteiger partial charge in [-0.25, -0.2) is 4.79 Å². The van der Waals surface area contributed by atoms with Gasteiger partial charge in [0.15, 0.2) is 0 Å². The van der Waals surface area contributed by atoms with Gasteiger partial charge in [-0.05, 0) is 25.0 Å². The van der Waals surface area contributed by atoms with Crippen LogP contribution in [0, 0.1) is 0 Å². The van der Waals surface area contributed by atoms with Crippen molar-refractivity contribution in [3.8, 4) is 5.75 Å². The fourth-order valence-electron chi connectivity index (χ4n) is 1.95. The quantitative estimate of drug-likeness (QED) is 0.595. The fraction of sp³-hybridized carbons (Fsp3) is 0.462. The van der Waals surface area contributed by atoms with E-state index in [1.807, 2.05) is 0 Å². The van der Waals surface area contributed by atoms with Crippen LogP contribution in [-0.2, 0) is 9.78 Å². The molecule has 0 amide bonds. The monoisotopic (exact) mass is 236 g/mol. The number of methoxy groups -OCH3 is 1. The van der Waals surface area contributed by atoms with Gasteiger partial charge in [0.1, 0.15) is 17.4 Å². The van der Waals surface area contributed by atoms with Gasteiger partial charge in [0.2, 0.25) is 0 Å². The van der Waals surface area contributed by atoms with Crippen LogP contribution in [0.1, 0.15) is 36.0 Å². The van der Waals surface area contributed by atoms with Crippen molar-refractivity contribution in [3.63, 3.8) is 0 Å². The number of benzene rings is 1. The van der Waals surface area contributed by atoms with Crippen molar-refractivity contribution >= 4 is 5.97 Å². The predicted octanol–water partition coefficient (Wildman–Crippen LogP) is 2.73. The Labute approximate surface area is 100 Å². The lowest BCUT2D eigenvalue weighted by molar-refractivity contribution is -0.272. The van der Waals surface area contributed by atoms with Crippen LogP contribution in [0.5, 0.6) is 5.75 Å². The molecule has 0 unspecified atom stereocenters. The third kappa shape index (κ3) is 2.97. The van der Waals surface area contributed by atoms with E-state index in [-0.39, 0.29) is 6.10 Å². The first-order valence-corrected chi connectivity index (χ1v) is 5.82. The first-order valence-electron chi connectivity index (χ1n) is 5.82. The highest BCUT2D eigenvalue weighted by Crippen LogP contribution is 2.23. The summed E-state index contributed by atoms with van der Waals surface area (Å²) in [5.74, 6) is -0.0122. The van der Waals surface area contributed by atoms with Crippen molar-refractivity contribution in [2.45, 2.75) is 31.8 Å². The first kappa shape index (κ1) is 11.9. The second-order valence-corrected chi connectivity index (χ2v) is 4.07. The zero-order valence-electron chi connectivity index (χ0n) is 9.85. The van der Waals surface area contributed by atoms with E-state index in [0.717, 1.165) is 25.7 Å². The van der Waals surface area contributed by atoms with Gasteiger partial charge < -0.3 is 4.74 Å². The lowest BCUT2D eigenvalue weighted by Crippen LogP contribution is -2.14. The van der Waals surface area contributed by atoms with E-state index in [4.69, 9.17) is 14.5 Å². The van der Waals surface area contributed by atoms with Gasteiger partial charge in [-0.1, -0.05) is 25.0 Å². The number of carbonyl (C=O) groups is 1. The molecule has 0 atom stereocenters. The Kier molecular flexibility index (Phi) is 3.98. The number of rotatable bonds is 4. The summed E-state index contributed by atoms with van der Waals surface area (Å²) in [4.78, 5) is 21.7. The Balaban J connectivity index is 1.94. The van der Waals surface area contributed by atoms with Gasteiger partial charge in [-0.2, -0.15) is 4.89 Å². The topological polar surface area (TPSA) is 44.8 Å². The molecule has 0 aromatic heterocycles. The molecule has 0 saturated heterocycles. The van der Waals surface area contributed by atoms with Crippen LogP contribution in [0.2, 0.25) is 0 Å². The maximum absolute atomic E-state index is 11.8. The molecule has 17 heavy (non-hydrogen) atoms. The minimum atomic E-state index is -0.505. The van der Waals surface area contributed by atoms with Crippen molar-refractivity contribution in [1.29, 1.82) is 0 Å². The third-order valence-corrected chi connectivity index (χ3v) is 2.89. The fourth-order valence-corrected chi connectivity index (χ4v) is 1.95. The Morgan fingerprint density at radius 1 is 1.24 bits per heavy atom. The molecule has 4 heteroatoms. The number of hydrogen-bond donors (Lipinski definition) is 0. The minimum Gasteiger partial charge on any atom is -0.496 e. The van der Waals surface area contributed by atoms with Crippen molar-refractivity contribution in [2.24, 2.45) is 0 Å². The van der Waals surface area contributed by atoms with Crippen LogP contribution in [-0.4, -0.2) is 19.2 Å². The SMILES string of the molecule is COc1ccccc1C(=O)OOC1CCCC1. The summed E-state index contributed by atoms with van der Waals surface area (Å²) in [6, 6.07) is 6.92. The molecule has 0 radical (unpaired) electrons. The van der Waals surface area contributed by atoms with E-state index in [2.05, 4.69) is 0 Å². The average Bonchev–Trinajstić information content (AvgIpc) is 2.89. The number of para-hydroxylation sites is 1. The van der Waals surface area contributed by atoms with Crippen LogP contribution < -0.4 is 4.74 Å². The lowest BCUT2D eigenvalue weighted by atomic mass is 10.2.